The molecule has 0 saturated carbocycles. The predicted octanol–water partition coefficient (Wildman–Crippen LogP) is 0.914. The van der Waals surface area contributed by atoms with E-state index in [2.05, 4.69) is 10.4 Å². The molecule has 0 saturated heterocycles. The van der Waals surface area contributed by atoms with Crippen molar-refractivity contribution in [2.24, 2.45) is 5.73 Å². The number of nitrogens with one attached hydrogen (secondary N) is 1. The van der Waals surface area contributed by atoms with Gasteiger partial charge in [-0.3, -0.25) is 9.48 Å². The molecule has 0 aromatic carbocycles. The minimum absolute atomic E-state index is 0.119. The van der Waals surface area contributed by atoms with Crippen molar-refractivity contribution in [3.8, 4) is 0 Å². The lowest BCUT2D eigenvalue weighted by Crippen LogP contribution is -2.52. The third-order valence-corrected chi connectivity index (χ3v) is 3.26. The molecule has 0 aliphatic carbocycles. The maximum atomic E-state index is 11.4. The quantitative estimate of drug-likeness (QED) is 0.801. The smallest absolute Gasteiger partial charge is 0.237 e. The molecule has 1 rings (SSSR count). The van der Waals surface area contributed by atoms with Crippen LogP contribution in [0.2, 0.25) is 0 Å². The van der Waals surface area contributed by atoms with E-state index in [-0.39, 0.29) is 11.9 Å². The van der Waals surface area contributed by atoms with E-state index in [0.29, 0.717) is 6.42 Å². The van der Waals surface area contributed by atoms with E-state index in [4.69, 9.17) is 5.73 Å². The molecular formula is C12H22N4O. The summed E-state index contributed by atoms with van der Waals surface area (Å²) in [6.07, 6.45) is 0.612. The number of likely N-dealkylation sites (N-methyl/N-ethyl adjacent to an activating group) is 1. The summed E-state index contributed by atoms with van der Waals surface area (Å²) >= 11 is 0. The lowest BCUT2D eigenvalue weighted by molar-refractivity contribution is -0.124. The number of carbonyl (C=O) groups excluding carboxylic acids is 1. The number of aromatic nitrogens is 2. The van der Waals surface area contributed by atoms with E-state index in [1.165, 1.54) is 0 Å². The molecule has 0 spiro atoms. The summed E-state index contributed by atoms with van der Waals surface area (Å²) in [5, 5.41) is 7.41. The molecule has 2 unspecified atom stereocenters. The van der Waals surface area contributed by atoms with Crippen molar-refractivity contribution in [3.63, 3.8) is 0 Å². The fraction of sp³-hybridized carbons (Fsp3) is 0.667. The number of amides is 1. The Hall–Kier alpha value is -1.36. The van der Waals surface area contributed by atoms with Crippen LogP contribution in [0.1, 0.15) is 37.7 Å². The van der Waals surface area contributed by atoms with Crippen LogP contribution in [-0.4, -0.2) is 28.3 Å². The van der Waals surface area contributed by atoms with Gasteiger partial charge in [0.15, 0.2) is 0 Å². The Morgan fingerprint density at radius 1 is 1.65 bits per heavy atom. The first-order chi connectivity index (χ1) is 7.80. The van der Waals surface area contributed by atoms with Crippen molar-refractivity contribution in [2.75, 3.05) is 7.05 Å². The van der Waals surface area contributed by atoms with Gasteiger partial charge in [0, 0.05) is 5.69 Å². The van der Waals surface area contributed by atoms with Gasteiger partial charge >= 0.3 is 0 Å². The number of hydrogen-bond acceptors (Lipinski definition) is 3. The van der Waals surface area contributed by atoms with E-state index in [0.717, 1.165) is 11.4 Å². The monoisotopic (exact) mass is 238 g/mol. The Labute approximate surface area is 102 Å². The number of aryl methyl sites for hydroxylation is 2. The van der Waals surface area contributed by atoms with Gasteiger partial charge in [0.05, 0.1) is 17.3 Å². The van der Waals surface area contributed by atoms with Crippen LogP contribution in [-0.2, 0) is 4.79 Å². The summed E-state index contributed by atoms with van der Waals surface area (Å²) in [5.74, 6) is -0.339. The summed E-state index contributed by atoms with van der Waals surface area (Å²) in [4.78, 5) is 11.4. The molecule has 0 fully saturated rings. The molecule has 0 radical (unpaired) electrons. The predicted molar refractivity (Wildman–Crippen MR) is 67.7 cm³/mol. The summed E-state index contributed by atoms with van der Waals surface area (Å²) in [6, 6.07) is 2.14. The lowest BCUT2D eigenvalue weighted by atomic mass is 9.93. The largest absolute Gasteiger partial charge is 0.368 e. The van der Waals surface area contributed by atoms with E-state index >= 15 is 0 Å². The van der Waals surface area contributed by atoms with Crippen LogP contribution in [0.4, 0.5) is 0 Å². The zero-order chi connectivity index (χ0) is 13.2. The highest BCUT2D eigenvalue weighted by molar-refractivity contribution is 5.84. The second kappa shape index (κ2) is 4.87. The lowest BCUT2D eigenvalue weighted by Gasteiger charge is -2.29. The van der Waals surface area contributed by atoms with Gasteiger partial charge in [-0.15, -0.1) is 0 Å². The molecule has 17 heavy (non-hydrogen) atoms. The summed E-state index contributed by atoms with van der Waals surface area (Å²) in [5.41, 5.74) is 6.80. The fourth-order valence-corrected chi connectivity index (χ4v) is 2.10. The van der Waals surface area contributed by atoms with Crippen LogP contribution in [0.3, 0.4) is 0 Å². The molecule has 5 nitrogen and oxygen atoms in total. The Kier molecular flexibility index (Phi) is 3.93. The van der Waals surface area contributed by atoms with Crippen molar-refractivity contribution < 1.29 is 4.79 Å². The number of nitrogens with zero attached hydrogens (tertiary/aromatic N) is 2. The molecule has 1 aromatic rings. The van der Waals surface area contributed by atoms with Crippen LogP contribution >= 0.6 is 0 Å². The average Bonchev–Trinajstić information content (AvgIpc) is 2.57. The van der Waals surface area contributed by atoms with Gasteiger partial charge in [-0.1, -0.05) is 0 Å². The van der Waals surface area contributed by atoms with E-state index in [1.54, 1.807) is 7.05 Å². The van der Waals surface area contributed by atoms with Crippen LogP contribution in [0.25, 0.3) is 0 Å². The van der Waals surface area contributed by atoms with Crippen molar-refractivity contribution in [1.82, 2.24) is 15.1 Å². The highest BCUT2D eigenvalue weighted by Gasteiger charge is 2.31. The minimum atomic E-state index is -0.703. The number of primary amides is 1. The van der Waals surface area contributed by atoms with Crippen molar-refractivity contribution in [1.29, 1.82) is 0 Å². The number of nitrogens with two attached hydrogens (primary N) is 1. The second-order valence-electron chi connectivity index (χ2n) is 4.87. The zero-order valence-corrected chi connectivity index (χ0v) is 11.2. The van der Waals surface area contributed by atoms with E-state index < -0.39 is 5.54 Å². The van der Waals surface area contributed by atoms with E-state index in [1.807, 2.05) is 38.4 Å². The molecule has 0 bridgehead atoms. The number of carbonyl (C=O) groups is 1. The van der Waals surface area contributed by atoms with Crippen LogP contribution < -0.4 is 11.1 Å². The van der Waals surface area contributed by atoms with Gasteiger partial charge in [0.25, 0.3) is 0 Å². The molecule has 96 valence electrons. The highest BCUT2D eigenvalue weighted by Crippen LogP contribution is 2.21. The van der Waals surface area contributed by atoms with Gasteiger partial charge in [-0.25, -0.2) is 0 Å². The summed E-state index contributed by atoms with van der Waals surface area (Å²) in [6.45, 7) is 7.83. The van der Waals surface area contributed by atoms with Crippen LogP contribution in [0.15, 0.2) is 6.07 Å². The average molecular weight is 238 g/mol. The first kappa shape index (κ1) is 13.7. The van der Waals surface area contributed by atoms with Gasteiger partial charge < -0.3 is 11.1 Å². The van der Waals surface area contributed by atoms with Crippen LogP contribution in [0, 0.1) is 13.8 Å². The Bertz CT molecular complexity index is 413. The van der Waals surface area contributed by atoms with Crippen molar-refractivity contribution in [3.05, 3.63) is 17.5 Å². The summed E-state index contributed by atoms with van der Waals surface area (Å²) < 4.78 is 1.94. The van der Waals surface area contributed by atoms with Gasteiger partial charge in [-0.2, -0.15) is 5.10 Å². The maximum absolute atomic E-state index is 11.4. The van der Waals surface area contributed by atoms with Crippen molar-refractivity contribution >= 4 is 5.91 Å². The molecular weight excluding hydrogens is 216 g/mol. The molecule has 3 N–H and O–H groups in total. The minimum Gasteiger partial charge on any atom is -0.368 e. The molecule has 0 aliphatic heterocycles. The SMILES string of the molecule is CNC(C)(CC(C)n1nc(C)cc1C)C(N)=O. The highest BCUT2D eigenvalue weighted by atomic mass is 16.1. The first-order valence-electron chi connectivity index (χ1n) is 5.81. The first-order valence-corrected chi connectivity index (χ1v) is 5.81. The zero-order valence-electron chi connectivity index (χ0n) is 11.2. The molecule has 1 aromatic heterocycles. The van der Waals surface area contributed by atoms with Gasteiger partial charge in [0.2, 0.25) is 5.91 Å². The Balaban J connectivity index is 2.88. The topological polar surface area (TPSA) is 72.9 Å². The Morgan fingerprint density at radius 3 is 2.59 bits per heavy atom. The maximum Gasteiger partial charge on any atom is 0.237 e. The fourth-order valence-electron chi connectivity index (χ4n) is 2.10. The molecule has 0 aliphatic rings. The molecule has 1 amide bonds. The molecule has 2 atom stereocenters. The van der Waals surface area contributed by atoms with Crippen molar-refractivity contribution in [2.45, 2.75) is 45.7 Å². The third kappa shape index (κ3) is 2.85. The Morgan fingerprint density at radius 2 is 2.24 bits per heavy atom. The third-order valence-electron chi connectivity index (χ3n) is 3.26. The van der Waals surface area contributed by atoms with E-state index in [9.17, 15) is 4.79 Å². The molecule has 5 heteroatoms. The van der Waals surface area contributed by atoms with Gasteiger partial charge in [-0.05, 0) is 47.2 Å². The number of rotatable bonds is 5. The normalized spacial score (nSPS) is 16.5. The standard InChI is InChI=1S/C12H22N4O/c1-8-6-9(2)16(15-8)10(3)7-12(4,14-5)11(13)17/h6,10,14H,7H2,1-5H3,(H2,13,17). The second-order valence-corrected chi connectivity index (χ2v) is 4.87. The number of hydrogen-bond donors (Lipinski definition) is 2. The molecule has 1 heterocycles. The summed E-state index contributed by atoms with van der Waals surface area (Å²) in [7, 11) is 1.75. The van der Waals surface area contributed by atoms with Crippen LogP contribution in [0.5, 0.6) is 0 Å². The van der Waals surface area contributed by atoms with Gasteiger partial charge in [0.1, 0.15) is 0 Å².